The largest absolute Gasteiger partial charge is 0.508 e. The van der Waals surface area contributed by atoms with Gasteiger partial charge in [-0.2, -0.15) is 5.26 Å². The number of carbonyl (C=O) groups is 1. The number of hydrogen-bond donors (Lipinski definition) is 2. The molecule has 0 bridgehead atoms. The SMILES string of the molecule is N#C/C(=C/Nc1cccc(O)c1)C(=O)N1CCCc2ccccc21. The van der Waals surface area contributed by atoms with Crippen molar-refractivity contribution in [2.75, 3.05) is 16.8 Å². The van der Waals surface area contributed by atoms with E-state index in [1.165, 1.54) is 12.3 Å². The molecule has 0 saturated heterocycles. The lowest BCUT2D eigenvalue weighted by atomic mass is 10.0. The number of carbonyl (C=O) groups excluding carboxylic acids is 1. The van der Waals surface area contributed by atoms with Crippen LogP contribution in [0.2, 0.25) is 0 Å². The number of nitriles is 1. The first-order valence-corrected chi connectivity index (χ1v) is 7.74. The zero-order chi connectivity index (χ0) is 16.9. The van der Waals surface area contributed by atoms with E-state index in [4.69, 9.17) is 0 Å². The molecule has 1 aliphatic rings. The van der Waals surface area contributed by atoms with Crippen LogP contribution in [-0.4, -0.2) is 17.6 Å². The maximum Gasteiger partial charge on any atom is 0.270 e. The Kier molecular flexibility index (Phi) is 4.48. The van der Waals surface area contributed by atoms with Crippen LogP contribution in [0.1, 0.15) is 12.0 Å². The minimum atomic E-state index is -0.322. The van der Waals surface area contributed by atoms with E-state index < -0.39 is 0 Å². The smallest absolute Gasteiger partial charge is 0.270 e. The number of fused-ring (bicyclic) bond motifs is 1. The topological polar surface area (TPSA) is 76.4 Å². The number of para-hydroxylation sites is 1. The molecule has 0 atom stereocenters. The van der Waals surface area contributed by atoms with Gasteiger partial charge < -0.3 is 15.3 Å². The number of phenolic OH excluding ortho intramolecular Hbond substituents is 1. The number of hydrogen-bond acceptors (Lipinski definition) is 4. The second kappa shape index (κ2) is 6.88. The van der Waals surface area contributed by atoms with Crippen molar-refractivity contribution in [2.45, 2.75) is 12.8 Å². The molecule has 0 aromatic heterocycles. The molecule has 2 aromatic carbocycles. The molecule has 1 aliphatic heterocycles. The van der Waals surface area contributed by atoms with Gasteiger partial charge in [-0.1, -0.05) is 24.3 Å². The average molecular weight is 319 g/mol. The number of aromatic hydroxyl groups is 1. The Balaban J connectivity index is 1.83. The molecule has 1 heterocycles. The quantitative estimate of drug-likeness (QED) is 0.673. The molecule has 1 amide bonds. The van der Waals surface area contributed by atoms with Crippen LogP contribution in [-0.2, 0) is 11.2 Å². The van der Waals surface area contributed by atoms with E-state index in [1.54, 1.807) is 23.1 Å². The Morgan fingerprint density at radius 2 is 2.08 bits per heavy atom. The number of benzene rings is 2. The third-order valence-electron chi connectivity index (χ3n) is 3.94. The standard InChI is InChI=1S/C19H17N3O2/c20-12-15(13-21-16-7-3-8-17(23)11-16)19(24)22-10-4-6-14-5-1-2-9-18(14)22/h1-3,5,7-9,11,13,21,23H,4,6,10H2/b15-13-. The Morgan fingerprint density at radius 3 is 2.88 bits per heavy atom. The van der Waals surface area contributed by atoms with Crippen LogP contribution >= 0.6 is 0 Å². The van der Waals surface area contributed by atoms with Crippen LogP contribution in [0.5, 0.6) is 5.75 Å². The van der Waals surface area contributed by atoms with Crippen molar-refractivity contribution in [3.8, 4) is 11.8 Å². The maximum absolute atomic E-state index is 12.7. The van der Waals surface area contributed by atoms with Gasteiger partial charge in [-0.15, -0.1) is 0 Å². The first-order valence-electron chi connectivity index (χ1n) is 7.74. The number of amides is 1. The first-order chi connectivity index (χ1) is 11.7. The highest BCUT2D eigenvalue weighted by atomic mass is 16.3. The molecular formula is C19H17N3O2. The highest BCUT2D eigenvalue weighted by Crippen LogP contribution is 2.27. The van der Waals surface area contributed by atoms with E-state index in [9.17, 15) is 15.2 Å². The van der Waals surface area contributed by atoms with Crippen molar-refractivity contribution in [3.63, 3.8) is 0 Å². The van der Waals surface area contributed by atoms with Gasteiger partial charge in [-0.3, -0.25) is 4.79 Å². The molecule has 0 aliphatic carbocycles. The highest BCUT2D eigenvalue weighted by molar-refractivity contribution is 6.09. The van der Waals surface area contributed by atoms with Gasteiger partial charge in [0, 0.05) is 30.2 Å². The fraction of sp³-hybridized carbons (Fsp3) is 0.158. The number of phenols is 1. The molecule has 5 heteroatoms. The summed E-state index contributed by atoms with van der Waals surface area (Å²) in [6.07, 6.45) is 3.20. The minimum absolute atomic E-state index is 0.0232. The fourth-order valence-electron chi connectivity index (χ4n) is 2.78. The predicted octanol–water partition coefficient (Wildman–Crippen LogP) is 3.19. The second-order valence-electron chi connectivity index (χ2n) is 5.55. The summed E-state index contributed by atoms with van der Waals surface area (Å²) >= 11 is 0. The Morgan fingerprint density at radius 1 is 1.25 bits per heavy atom. The van der Waals surface area contributed by atoms with Gasteiger partial charge in [0.25, 0.3) is 5.91 Å². The molecule has 0 radical (unpaired) electrons. The zero-order valence-electron chi connectivity index (χ0n) is 13.1. The van der Waals surface area contributed by atoms with Gasteiger partial charge in [-0.25, -0.2) is 0 Å². The van der Waals surface area contributed by atoms with Crippen molar-refractivity contribution < 1.29 is 9.90 Å². The second-order valence-corrected chi connectivity index (χ2v) is 5.55. The van der Waals surface area contributed by atoms with Crippen LogP contribution < -0.4 is 10.2 Å². The average Bonchev–Trinajstić information content (AvgIpc) is 2.61. The van der Waals surface area contributed by atoms with Crippen molar-refractivity contribution in [1.82, 2.24) is 0 Å². The van der Waals surface area contributed by atoms with E-state index in [2.05, 4.69) is 5.32 Å². The molecule has 24 heavy (non-hydrogen) atoms. The molecule has 0 spiro atoms. The van der Waals surface area contributed by atoms with Crippen molar-refractivity contribution in [2.24, 2.45) is 0 Å². The summed E-state index contributed by atoms with van der Waals surface area (Å²) in [5, 5.41) is 21.7. The monoisotopic (exact) mass is 319 g/mol. The van der Waals surface area contributed by atoms with E-state index in [0.29, 0.717) is 12.2 Å². The van der Waals surface area contributed by atoms with Gasteiger partial charge in [0.2, 0.25) is 0 Å². The number of aryl methyl sites for hydroxylation is 1. The minimum Gasteiger partial charge on any atom is -0.508 e. The van der Waals surface area contributed by atoms with Crippen molar-refractivity contribution in [3.05, 3.63) is 65.9 Å². The Bertz CT molecular complexity index is 837. The van der Waals surface area contributed by atoms with Crippen LogP contribution in [0, 0.1) is 11.3 Å². The lowest BCUT2D eigenvalue weighted by Gasteiger charge is -2.29. The summed E-state index contributed by atoms with van der Waals surface area (Å²) in [5.41, 5.74) is 2.62. The van der Waals surface area contributed by atoms with Crippen molar-refractivity contribution in [1.29, 1.82) is 5.26 Å². The summed E-state index contributed by atoms with van der Waals surface area (Å²) in [6, 6.07) is 16.2. The van der Waals surface area contributed by atoms with Crippen LogP contribution in [0.15, 0.2) is 60.3 Å². The Hall–Kier alpha value is -3.26. The molecule has 0 fully saturated rings. The number of nitrogens with zero attached hydrogens (tertiary/aromatic N) is 2. The first kappa shape index (κ1) is 15.6. The van der Waals surface area contributed by atoms with Gasteiger partial charge in [0.15, 0.2) is 0 Å². The molecule has 2 aromatic rings. The fourth-order valence-corrected chi connectivity index (χ4v) is 2.78. The Labute approximate surface area is 140 Å². The molecule has 5 nitrogen and oxygen atoms in total. The highest BCUT2D eigenvalue weighted by Gasteiger charge is 2.24. The zero-order valence-corrected chi connectivity index (χ0v) is 13.1. The van der Waals surface area contributed by atoms with Crippen molar-refractivity contribution >= 4 is 17.3 Å². The number of rotatable bonds is 3. The summed E-state index contributed by atoms with van der Waals surface area (Å²) < 4.78 is 0. The normalized spacial score (nSPS) is 13.8. The van der Waals surface area contributed by atoms with E-state index in [0.717, 1.165) is 24.1 Å². The molecule has 0 unspecified atom stereocenters. The summed E-state index contributed by atoms with van der Waals surface area (Å²) in [4.78, 5) is 14.4. The van der Waals surface area contributed by atoms with E-state index in [1.807, 2.05) is 30.3 Å². The summed E-state index contributed by atoms with van der Waals surface area (Å²) in [5.74, 6) is -0.208. The summed E-state index contributed by atoms with van der Waals surface area (Å²) in [7, 11) is 0. The maximum atomic E-state index is 12.7. The molecule has 3 rings (SSSR count). The molecular weight excluding hydrogens is 302 g/mol. The lowest BCUT2D eigenvalue weighted by Crippen LogP contribution is -2.36. The number of anilines is 2. The summed E-state index contributed by atoms with van der Waals surface area (Å²) in [6.45, 7) is 0.598. The molecule has 0 saturated carbocycles. The molecule has 2 N–H and O–H groups in total. The molecule has 120 valence electrons. The van der Waals surface area contributed by atoms with Crippen LogP contribution in [0.3, 0.4) is 0 Å². The van der Waals surface area contributed by atoms with Gasteiger partial charge >= 0.3 is 0 Å². The number of nitrogens with one attached hydrogen (secondary N) is 1. The van der Waals surface area contributed by atoms with E-state index in [-0.39, 0.29) is 17.2 Å². The van der Waals surface area contributed by atoms with E-state index >= 15 is 0 Å². The lowest BCUT2D eigenvalue weighted by molar-refractivity contribution is -0.114. The third-order valence-corrected chi connectivity index (χ3v) is 3.94. The third kappa shape index (κ3) is 3.23. The predicted molar refractivity (Wildman–Crippen MR) is 92.5 cm³/mol. The van der Waals surface area contributed by atoms with Crippen LogP contribution in [0.4, 0.5) is 11.4 Å². The van der Waals surface area contributed by atoms with Gasteiger partial charge in [0.05, 0.1) is 0 Å². The van der Waals surface area contributed by atoms with Gasteiger partial charge in [-0.05, 0) is 36.6 Å². The van der Waals surface area contributed by atoms with Gasteiger partial charge in [0.1, 0.15) is 17.4 Å². The van der Waals surface area contributed by atoms with Crippen LogP contribution in [0.25, 0.3) is 0 Å².